The molecule has 152 valence electrons. The van der Waals surface area contributed by atoms with Crippen LogP contribution >= 0.6 is 0 Å². The van der Waals surface area contributed by atoms with Gasteiger partial charge in [-0.2, -0.15) is 5.10 Å². The predicted octanol–water partition coefficient (Wildman–Crippen LogP) is 2.29. The Kier molecular flexibility index (Phi) is 4.83. The highest BCUT2D eigenvalue weighted by atomic mass is 16.5. The average molecular weight is 393 g/mol. The molecule has 0 spiro atoms. The number of para-hydroxylation sites is 1. The lowest BCUT2D eigenvalue weighted by atomic mass is 10.00. The van der Waals surface area contributed by atoms with Crippen LogP contribution in [0, 0.1) is 0 Å². The second kappa shape index (κ2) is 7.63. The van der Waals surface area contributed by atoms with Gasteiger partial charge in [0.2, 0.25) is 5.91 Å². The van der Waals surface area contributed by atoms with E-state index in [1.165, 1.54) is 0 Å². The molecule has 0 radical (unpaired) electrons. The number of ether oxygens (including phenoxy) is 1. The molecule has 1 amide bonds. The summed E-state index contributed by atoms with van der Waals surface area (Å²) in [4.78, 5) is 19.8. The molecule has 0 bridgehead atoms. The maximum atomic E-state index is 13.0. The number of fused-ring (bicyclic) bond motifs is 2. The summed E-state index contributed by atoms with van der Waals surface area (Å²) in [6.45, 7) is 3.70. The monoisotopic (exact) mass is 393 g/mol. The third kappa shape index (κ3) is 3.55. The van der Waals surface area contributed by atoms with Gasteiger partial charge in [-0.05, 0) is 24.5 Å². The highest BCUT2D eigenvalue weighted by Gasteiger charge is 2.25. The summed E-state index contributed by atoms with van der Waals surface area (Å²) in [6.07, 6.45) is 5.27. The molecule has 2 aliphatic heterocycles. The van der Waals surface area contributed by atoms with Crippen molar-refractivity contribution in [3.05, 3.63) is 47.7 Å². The van der Waals surface area contributed by atoms with Gasteiger partial charge < -0.3 is 14.2 Å². The highest BCUT2D eigenvalue weighted by molar-refractivity contribution is 5.89. The van der Waals surface area contributed by atoms with Gasteiger partial charge in [0.1, 0.15) is 5.82 Å². The molecule has 1 saturated heterocycles. The van der Waals surface area contributed by atoms with E-state index in [1.807, 2.05) is 28.8 Å². The largest absolute Gasteiger partial charge is 0.381 e. The van der Waals surface area contributed by atoms with E-state index in [9.17, 15) is 4.79 Å². The first-order valence-corrected chi connectivity index (χ1v) is 10.5. The number of nitrogens with zero attached hydrogens (tertiary/aromatic N) is 5. The minimum Gasteiger partial charge on any atom is -0.381 e. The van der Waals surface area contributed by atoms with Crippen LogP contribution in [0.1, 0.15) is 36.0 Å². The van der Waals surface area contributed by atoms with Gasteiger partial charge in [-0.25, -0.2) is 9.67 Å². The third-order valence-corrected chi connectivity index (χ3v) is 6.21. The van der Waals surface area contributed by atoms with Crippen molar-refractivity contribution in [2.24, 2.45) is 7.05 Å². The molecule has 0 saturated carbocycles. The molecule has 29 heavy (non-hydrogen) atoms. The third-order valence-electron chi connectivity index (χ3n) is 6.21. The minimum atomic E-state index is 0.178. The molecule has 0 aliphatic carbocycles. The van der Waals surface area contributed by atoms with Crippen molar-refractivity contribution in [2.45, 2.75) is 38.1 Å². The van der Waals surface area contributed by atoms with E-state index in [1.54, 1.807) is 0 Å². The van der Waals surface area contributed by atoms with Gasteiger partial charge in [0.15, 0.2) is 5.82 Å². The zero-order valence-electron chi connectivity index (χ0n) is 16.9. The van der Waals surface area contributed by atoms with Crippen LogP contribution in [0.5, 0.6) is 0 Å². The van der Waals surface area contributed by atoms with E-state index in [4.69, 9.17) is 14.8 Å². The van der Waals surface area contributed by atoms with Crippen molar-refractivity contribution in [1.82, 2.24) is 24.2 Å². The number of rotatable bonds is 3. The Hall–Kier alpha value is -2.67. The molecule has 1 aromatic carbocycles. The van der Waals surface area contributed by atoms with Crippen molar-refractivity contribution in [3.63, 3.8) is 0 Å². The summed E-state index contributed by atoms with van der Waals surface area (Å²) in [6, 6.07) is 8.25. The molecule has 1 fully saturated rings. The normalized spacial score (nSPS) is 18.0. The summed E-state index contributed by atoms with van der Waals surface area (Å²) in [5, 5.41) is 5.93. The van der Waals surface area contributed by atoms with E-state index in [-0.39, 0.29) is 5.91 Å². The molecule has 3 aromatic rings. The number of amides is 1. The van der Waals surface area contributed by atoms with Crippen molar-refractivity contribution in [2.75, 3.05) is 26.3 Å². The standard InChI is InChI=1S/C22H27N5O2/c1-25-15-17(18-4-2-3-5-19(18)25)14-21(28)26-9-6-20-23-22(24-27(20)11-10-26)16-7-12-29-13-8-16/h2-5,15-16H,6-14H2,1H3. The number of carbonyl (C=O) groups is 1. The quantitative estimate of drug-likeness (QED) is 0.685. The molecule has 0 unspecified atom stereocenters. The van der Waals surface area contributed by atoms with Crippen molar-refractivity contribution in [3.8, 4) is 0 Å². The van der Waals surface area contributed by atoms with Gasteiger partial charge in [-0.3, -0.25) is 4.79 Å². The highest BCUT2D eigenvalue weighted by Crippen LogP contribution is 2.25. The number of hydrogen-bond acceptors (Lipinski definition) is 4. The summed E-state index contributed by atoms with van der Waals surface area (Å²) in [7, 11) is 2.03. The van der Waals surface area contributed by atoms with Crippen LogP contribution in [0.2, 0.25) is 0 Å². The SMILES string of the molecule is Cn1cc(CC(=O)N2CCc3nc(C4CCOCC4)nn3CC2)c2ccccc21. The van der Waals surface area contributed by atoms with Crippen molar-refractivity contribution >= 4 is 16.8 Å². The van der Waals surface area contributed by atoms with Gasteiger partial charge in [-0.1, -0.05) is 18.2 Å². The van der Waals surface area contributed by atoms with Crippen LogP contribution in [0.15, 0.2) is 30.5 Å². The first-order valence-electron chi connectivity index (χ1n) is 10.5. The fourth-order valence-electron chi connectivity index (χ4n) is 4.54. The number of benzene rings is 1. The Morgan fingerprint density at radius 3 is 2.86 bits per heavy atom. The summed E-state index contributed by atoms with van der Waals surface area (Å²) in [5.41, 5.74) is 2.26. The van der Waals surface area contributed by atoms with Crippen LogP contribution in [0.25, 0.3) is 10.9 Å². The molecular formula is C22H27N5O2. The van der Waals surface area contributed by atoms with Crippen molar-refractivity contribution in [1.29, 1.82) is 0 Å². The van der Waals surface area contributed by atoms with Crippen molar-refractivity contribution < 1.29 is 9.53 Å². The van der Waals surface area contributed by atoms with E-state index in [0.717, 1.165) is 60.6 Å². The van der Waals surface area contributed by atoms with Gasteiger partial charge in [0, 0.05) is 62.8 Å². The number of hydrogen-bond donors (Lipinski definition) is 0. The first kappa shape index (κ1) is 18.4. The van der Waals surface area contributed by atoms with E-state index < -0.39 is 0 Å². The predicted molar refractivity (Wildman–Crippen MR) is 110 cm³/mol. The molecule has 7 nitrogen and oxygen atoms in total. The second-order valence-corrected chi connectivity index (χ2v) is 8.09. The first-order chi connectivity index (χ1) is 14.2. The topological polar surface area (TPSA) is 65.2 Å². The maximum absolute atomic E-state index is 13.0. The summed E-state index contributed by atoms with van der Waals surface area (Å²) >= 11 is 0. The fraction of sp³-hybridized carbons (Fsp3) is 0.500. The number of carbonyl (C=O) groups excluding carboxylic acids is 1. The number of aryl methyl sites for hydroxylation is 1. The Bertz CT molecular complexity index is 1010. The molecule has 2 aliphatic rings. The number of aromatic nitrogens is 4. The van der Waals surface area contributed by atoms with Crippen LogP contribution in [0.3, 0.4) is 0 Å². The fourth-order valence-corrected chi connectivity index (χ4v) is 4.54. The average Bonchev–Trinajstić information content (AvgIpc) is 3.23. The molecular weight excluding hydrogens is 366 g/mol. The Morgan fingerprint density at radius 1 is 1.17 bits per heavy atom. The lowest BCUT2D eigenvalue weighted by Gasteiger charge is -2.20. The zero-order valence-corrected chi connectivity index (χ0v) is 16.9. The summed E-state index contributed by atoms with van der Waals surface area (Å²) < 4.78 is 9.56. The molecule has 0 atom stereocenters. The maximum Gasteiger partial charge on any atom is 0.227 e. The van der Waals surface area contributed by atoms with E-state index >= 15 is 0 Å². The summed E-state index contributed by atoms with van der Waals surface area (Å²) in [5.74, 6) is 2.55. The van der Waals surface area contributed by atoms with Gasteiger partial charge in [-0.15, -0.1) is 0 Å². The molecule has 0 N–H and O–H groups in total. The second-order valence-electron chi connectivity index (χ2n) is 8.09. The Labute approximate surface area is 170 Å². The lowest BCUT2D eigenvalue weighted by molar-refractivity contribution is -0.130. The Morgan fingerprint density at radius 2 is 2.00 bits per heavy atom. The zero-order chi connectivity index (χ0) is 19.8. The van der Waals surface area contributed by atoms with Crippen LogP contribution in [0.4, 0.5) is 0 Å². The van der Waals surface area contributed by atoms with Crippen LogP contribution < -0.4 is 0 Å². The molecule has 2 aromatic heterocycles. The minimum absolute atomic E-state index is 0.178. The van der Waals surface area contributed by atoms with Gasteiger partial charge in [0.25, 0.3) is 0 Å². The van der Waals surface area contributed by atoms with E-state index in [0.29, 0.717) is 32.0 Å². The molecule has 4 heterocycles. The Balaban J connectivity index is 1.27. The van der Waals surface area contributed by atoms with Gasteiger partial charge in [0.05, 0.1) is 13.0 Å². The smallest absolute Gasteiger partial charge is 0.227 e. The van der Waals surface area contributed by atoms with Gasteiger partial charge >= 0.3 is 0 Å². The molecule has 5 rings (SSSR count). The lowest BCUT2D eigenvalue weighted by Crippen LogP contribution is -2.34. The molecule has 7 heteroatoms. The van der Waals surface area contributed by atoms with Crippen LogP contribution in [-0.2, 0) is 36.0 Å². The van der Waals surface area contributed by atoms with E-state index in [2.05, 4.69) is 22.9 Å². The van der Waals surface area contributed by atoms with Crippen LogP contribution in [-0.4, -0.2) is 56.4 Å².